The summed E-state index contributed by atoms with van der Waals surface area (Å²) >= 11 is 0. The smallest absolute Gasteiger partial charge is 0.157 e. The van der Waals surface area contributed by atoms with Gasteiger partial charge in [-0.05, 0) is 30.2 Å². The minimum Gasteiger partial charge on any atom is -0.486 e. The zero-order valence-electron chi connectivity index (χ0n) is 9.27. The first-order chi connectivity index (χ1) is 7.65. The van der Waals surface area contributed by atoms with Crippen molar-refractivity contribution in [2.75, 3.05) is 0 Å². The summed E-state index contributed by atoms with van der Waals surface area (Å²) in [5.41, 5.74) is 1.87. The molecule has 0 saturated carbocycles. The Balaban J connectivity index is 2.07. The number of hydrogen-bond donors (Lipinski definition) is 0. The Morgan fingerprint density at radius 2 is 2.25 bits per heavy atom. The molecule has 0 N–H and O–H groups in total. The van der Waals surface area contributed by atoms with E-state index in [1.165, 1.54) is 12.1 Å². The second-order valence-corrected chi connectivity index (χ2v) is 3.71. The van der Waals surface area contributed by atoms with Crippen molar-refractivity contribution in [3.63, 3.8) is 0 Å². The van der Waals surface area contributed by atoms with Crippen LogP contribution in [0.1, 0.15) is 11.1 Å². The molecule has 1 heterocycles. The maximum atomic E-state index is 13.0. The van der Waals surface area contributed by atoms with Gasteiger partial charge in [0.2, 0.25) is 0 Å². The second-order valence-electron chi connectivity index (χ2n) is 3.71. The summed E-state index contributed by atoms with van der Waals surface area (Å²) in [6.45, 7) is 2.29. The van der Waals surface area contributed by atoms with E-state index in [-0.39, 0.29) is 5.82 Å². The third-order valence-electron chi connectivity index (χ3n) is 2.39. The zero-order chi connectivity index (χ0) is 11.5. The summed E-state index contributed by atoms with van der Waals surface area (Å²) in [7, 11) is 1.82. The van der Waals surface area contributed by atoms with Crippen molar-refractivity contribution >= 4 is 0 Å². The number of aromatic nitrogens is 2. The predicted molar refractivity (Wildman–Crippen MR) is 58.7 cm³/mol. The minimum atomic E-state index is -0.240. The van der Waals surface area contributed by atoms with E-state index in [0.717, 1.165) is 11.1 Å². The molecule has 0 bridgehead atoms. The molecule has 0 aliphatic carbocycles. The summed E-state index contributed by atoms with van der Waals surface area (Å²) in [5.74, 6) is 0.446. The first kappa shape index (κ1) is 10.7. The van der Waals surface area contributed by atoms with Crippen LogP contribution in [0.4, 0.5) is 4.39 Å². The van der Waals surface area contributed by atoms with Crippen molar-refractivity contribution in [3.05, 3.63) is 47.5 Å². The molecule has 1 aromatic carbocycles. The first-order valence-corrected chi connectivity index (χ1v) is 5.01. The Morgan fingerprint density at radius 3 is 2.94 bits per heavy atom. The van der Waals surface area contributed by atoms with Gasteiger partial charge in [0.15, 0.2) is 5.75 Å². The molecule has 3 nitrogen and oxygen atoms in total. The molecule has 0 radical (unpaired) electrons. The molecule has 16 heavy (non-hydrogen) atoms. The van der Waals surface area contributed by atoms with Crippen molar-refractivity contribution in [1.29, 1.82) is 0 Å². The molecule has 0 spiro atoms. The number of hydrogen-bond acceptors (Lipinski definition) is 2. The monoisotopic (exact) mass is 220 g/mol. The van der Waals surface area contributed by atoms with Gasteiger partial charge in [-0.3, -0.25) is 4.68 Å². The lowest BCUT2D eigenvalue weighted by Gasteiger charge is -2.06. The molecule has 0 amide bonds. The Bertz CT molecular complexity index is 494. The highest BCUT2D eigenvalue weighted by Crippen LogP contribution is 2.14. The number of ether oxygens (including phenoxy) is 1. The van der Waals surface area contributed by atoms with Gasteiger partial charge in [0.1, 0.15) is 12.4 Å². The fraction of sp³-hybridized carbons (Fsp3) is 0.250. The van der Waals surface area contributed by atoms with Gasteiger partial charge >= 0.3 is 0 Å². The predicted octanol–water partition coefficient (Wildman–Crippen LogP) is 2.45. The van der Waals surface area contributed by atoms with Gasteiger partial charge in [-0.25, -0.2) is 4.39 Å². The maximum Gasteiger partial charge on any atom is 0.157 e. The Kier molecular flexibility index (Phi) is 2.90. The summed E-state index contributed by atoms with van der Waals surface area (Å²) < 4.78 is 20.2. The average molecular weight is 220 g/mol. The summed E-state index contributed by atoms with van der Waals surface area (Å²) in [4.78, 5) is 0. The third-order valence-corrected chi connectivity index (χ3v) is 2.39. The maximum absolute atomic E-state index is 13.0. The molecule has 84 valence electrons. The summed E-state index contributed by atoms with van der Waals surface area (Å²) in [6, 6.07) is 4.69. The second kappa shape index (κ2) is 4.35. The number of benzene rings is 1. The van der Waals surface area contributed by atoms with Gasteiger partial charge in [0.05, 0.1) is 12.4 Å². The van der Waals surface area contributed by atoms with Crippen LogP contribution >= 0.6 is 0 Å². The lowest BCUT2D eigenvalue weighted by molar-refractivity contribution is 0.304. The molecular formula is C12H13FN2O. The van der Waals surface area contributed by atoms with Crippen LogP contribution in [-0.2, 0) is 13.7 Å². The van der Waals surface area contributed by atoms with E-state index in [2.05, 4.69) is 5.10 Å². The zero-order valence-corrected chi connectivity index (χ0v) is 9.27. The van der Waals surface area contributed by atoms with Crippen molar-refractivity contribution in [3.8, 4) is 5.75 Å². The van der Waals surface area contributed by atoms with Crippen LogP contribution in [0, 0.1) is 12.7 Å². The van der Waals surface area contributed by atoms with Gasteiger partial charge in [-0.1, -0.05) is 6.07 Å². The van der Waals surface area contributed by atoms with E-state index in [1.54, 1.807) is 23.1 Å². The van der Waals surface area contributed by atoms with E-state index in [9.17, 15) is 4.39 Å². The van der Waals surface area contributed by atoms with Crippen molar-refractivity contribution in [2.45, 2.75) is 13.5 Å². The Morgan fingerprint density at radius 1 is 1.44 bits per heavy atom. The van der Waals surface area contributed by atoms with E-state index in [0.29, 0.717) is 12.4 Å². The third kappa shape index (κ3) is 2.39. The average Bonchev–Trinajstić information content (AvgIpc) is 2.66. The Hall–Kier alpha value is -1.84. The van der Waals surface area contributed by atoms with Gasteiger partial charge < -0.3 is 4.74 Å². The highest BCUT2D eigenvalue weighted by atomic mass is 19.1. The topological polar surface area (TPSA) is 27.1 Å². The molecule has 2 rings (SSSR count). The van der Waals surface area contributed by atoms with Crippen LogP contribution in [0.5, 0.6) is 5.75 Å². The molecule has 0 unspecified atom stereocenters. The number of nitrogens with zero attached hydrogens (tertiary/aromatic N) is 2. The largest absolute Gasteiger partial charge is 0.486 e. The van der Waals surface area contributed by atoms with Crippen LogP contribution in [0.25, 0.3) is 0 Å². The van der Waals surface area contributed by atoms with Crippen LogP contribution in [0.2, 0.25) is 0 Å². The van der Waals surface area contributed by atoms with E-state index in [4.69, 9.17) is 4.74 Å². The van der Waals surface area contributed by atoms with Gasteiger partial charge in [0.25, 0.3) is 0 Å². The quantitative estimate of drug-likeness (QED) is 0.794. The van der Waals surface area contributed by atoms with Crippen molar-refractivity contribution < 1.29 is 9.13 Å². The molecule has 0 aliphatic rings. The lowest BCUT2D eigenvalue weighted by Crippen LogP contribution is -1.98. The van der Waals surface area contributed by atoms with E-state index in [1.807, 2.05) is 14.0 Å². The fourth-order valence-corrected chi connectivity index (χ4v) is 1.43. The highest BCUT2D eigenvalue weighted by Gasteiger charge is 2.02. The number of rotatable bonds is 3. The number of halogens is 1. The lowest BCUT2D eigenvalue weighted by atomic mass is 10.1. The first-order valence-electron chi connectivity index (χ1n) is 5.01. The van der Waals surface area contributed by atoms with Crippen LogP contribution < -0.4 is 4.74 Å². The summed E-state index contributed by atoms with van der Waals surface area (Å²) in [6.07, 6.45) is 3.41. The van der Waals surface area contributed by atoms with Crippen molar-refractivity contribution in [2.24, 2.45) is 7.05 Å². The standard InChI is InChI=1S/C12H13FN2O/c1-9-3-4-11(13)5-10(9)8-16-12-6-14-15(2)7-12/h3-7H,8H2,1-2H3. The van der Waals surface area contributed by atoms with Crippen LogP contribution in [-0.4, -0.2) is 9.78 Å². The molecule has 0 aliphatic heterocycles. The van der Waals surface area contributed by atoms with Gasteiger partial charge in [0, 0.05) is 7.05 Å². The molecular weight excluding hydrogens is 207 g/mol. The van der Waals surface area contributed by atoms with Gasteiger partial charge in [-0.15, -0.1) is 0 Å². The summed E-state index contributed by atoms with van der Waals surface area (Å²) in [5, 5.41) is 3.99. The normalized spacial score (nSPS) is 10.4. The molecule has 0 saturated heterocycles. The van der Waals surface area contributed by atoms with Gasteiger partial charge in [-0.2, -0.15) is 5.10 Å². The molecule has 4 heteroatoms. The molecule has 0 atom stereocenters. The Labute approximate surface area is 93.5 Å². The SMILES string of the molecule is Cc1ccc(F)cc1COc1cnn(C)c1. The highest BCUT2D eigenvalue weighted by molar-refractivity contribution is 5.26. The van der Waals surface area contributed by atoms with Crippen LogP contribution in [0.3, 0.4) is 0 Å². The van der Waals surface area contributed by atoms with E-state index >= 15 is 0 Å². The van der Waals surface area contributed by atoms with Crippen LogP contribution in [0.15, 0.2) is 30.6 Å². The fourth-order valence-electron chi connectivity index (χ4n) is 1.43. The molecule has 1 aromatic heterocycles. The number of aryl methyl sites for hydroxylation is 2. The molecule has 2 aromatic rings. The minimum absolute atomic E-state index is 0.240. The molecule has 0 fully saturated rings. The van der Waals surface area contributed by atoms with Crippen molar-refractivity contribution in [1.82, 2.24) is 9.78 Å². The van der Waals surface area contributed by atoms with E-state index < -0.39 is 0 Å².